The maximum atomic E-state index is 12.1. The van der Waals surface area contributed by atoms with Gasteiger partial charge in [-0.2, -0.15) is 0 Å². The van der Waals surface area contributed by atoms with E-state index in [1.54, 1.807) is 50.2 Å². The van der Waals surface area contributed by atoms with Crippen LogP contribution in [0.4, 0.5) is 17.2 Å². The Hall–Kier alpha value is -3.70. The van der Waals surface area contributed by atoms with Crippen molar-refractivity contribution in [1.82, 2.24) is 14.5 Å². The fourth-order valence-corrected chi connectivity index (χ4v) is 4.02. The molecule has 2 aromatic carbocycles. The molecule has 0 saturated carbocycles. The number of nitrogens with zero attached hydrogens (tertiary/aromatic N) is 3. The number of benzene rings is 2. The number of carbonyl (C=O) groups excluding carboxylic acids is 1. The van der Waals surface area contributed by atoms with Crippen molar-refractivity contribution in [3.05, 3.63) is 66.1 Å². The lowest BCUT2D eigenvalue weighted by Gasteiger charge is -2.16. The molecule has 38 heavy (non-hydrogen) atoms. The Morgan fingerprint density at radius 3 is 2.71 bits per heavy atom. The maximum Gasteiger partial charge on any atom is 0.227 e. The highest BCUT2D eigenvalue weighted by Crippen LogP contribution is 2.34. The molecular weight excluding hydrogens is 510 g/mol. The van der Waals surface area contributed by atoms with Crippen LogP contribution >= 0.6 is 11.6 Å². The summed E-state index contributed by atoms with van der Waals surface area (Å²) in [6.45, 7) is 4.45. The van der Waals surface area contributed by atoms with E-state index in [2.05, 4.69) is 20.6 Å². The quantitative estimate of drug-likeness (QED) is 0.190. The molecule has 0 saturated heterocycles. The number of carbonyl (C=O) groups is 1. The van der Waals surface area contributed by atoms with Crippen LogP contribution in [0.1, 0.15) is 20.3 Å². The molecule has 0 aliphatic rings. The molecule has 4 aromatic rings. The van der Waals surface area contributed by atoms with E-state index in [4.69, 9.17) is 26.2 Å². The monoisotopic (exact) mass is 539 g/mol. The summed E-state index contributed by atoms with van der Waals surface area (Å²) in [5.74, 6) is 1.24. The average Bonchev–Trinajstić information content (AvgIpc) is 3.27. The molecule has 10 nitrogen and oxygen atoms in total. The van der Waals surface area contributed by atoms with Crippen LogP contribution < -0.4 is 15.4 Å². The number of ether oxygens (including phenoxy) is 2. The third-order valence-corrected chi connectivity index (χ3v) is 5.69. The Morgan fingerprint density at radius 1 is 1.11 bits per heavy atom. The second-order valence-electron chi connectivity index (χ2n) is 9.24. The maximum absolute atomic E-state index is 12.1. The number of halogens is 1. The number of aliphatic hydroxyl groups is 2. The molecule has 4 rings (SSSR count). The molecule has 11 heteroatoms. The molecule has 0 bridgehead atoms. The molecule has 0 aliphatic heterocycles. The summed E-state index contributed by atoms with van der Waals surface area (Å²) in [4.78, 5) is 20.9. The van der Waals surface area contributed by atoms with Crippen molar-refractivity contribution in [2.45, 2.75) is 32.4 Å². The van der Waals surface area contributed by atoms with Gasteiger partial charge in [0, 0.05) is 30.2 Å². The molecular formula is C27H30ClN5O5. The van der Waals surface area contributed by atoms with Gasteiger partial charge in [-0.1, -0.05) is 17.7 Å². The van der Waals surface area contributed by atoms with Gasteiger partial charge < -0.3 is 34.9 Å². The number of hydrogen-bond donors (Lipinski definition) is 4. The highest BCUT2D eigenvalue weighted by atomic mass is 35.5. The summed E-state index contributed by atoms with van der Waals surface area (Å²) < 4.78 is 13.3. The zero-order chi connectivity index (χ0) is 27.1. The molecule has 0 radical (unpaired) electrons. The topological polar surface area (TPSA) is 131 Å². The number of hydrogen-bond acceptors (Lipinski definition) is 8. The zero-order valence-electron chi connectivity index (χ0n) is 21.1. The lowest BCUT2D eigenvalue weighted by Crippen LogP contribution is -2.27. The van der Waals surface area contributed by atoms with Crippen molar-refractivity contribution in [2.75, 3.05) is 30.5 Å². The lowest BCUT2D eigenvalue weighted by molar-refractivity contribution is -0.119. The third kappa shape index (κ3) is 7.42. The van der Waals surface area contributed by atoms with Crippen molar-refractivity contribution in [3.63, 3.8) is 0 Å². The summed E-state index contributed by atoms with van der Waals surface area (Å²) in [5.41, 5.74) is 1.75. The van der Waals surface area contributed by atoms with Gasteiger partial charge in [0.05, 0.1) is 42.4 Å². The molecule has 0 aliphatic carbocycles. The minimum absolute atomic E-state index is 0.0199. The highest BCUT2D eigenvalue weighted by Gasteiger charge is 2.18. The van der Waals surface area contributed by atoms with E-state index in [0.29, 0.717) is 46.9 Å². The van der Waals surface area contributed by atoms with Crippen molar-refractivity contribution in [3.8, 4) is 11.5 Å². The summed E-state index contributed by atoms with van der Waals surface area (Å²) >= 11 is 6.53. The number of nitrogens with one attached hydrogen (secondary N) is 2. The van der Waals surface area contributed by atoms with Crippen LogP contribution in [0.3, 0.4) is 0 Å². The summed E-state index contributed by atoms with van der Waals surface area (Å²) in [6, 6.07) is 14.1. The van der Waals surface area contributed by atoms with E-state index in [0.717, 1.165) is 11.0 Å². The average molecular weight is 540 g/mol. The second-order valence-corrected chi connectivity index (χ2v) is 9.65. The third-order valence-electron chi connectivity index (χ3n) is 5.40. The predicted molar refractivity (Wildman–Crippen MR) is 146 cm³/mol. The summed E-state index contributed by atoms with van der Waals surface area (Å²) in [7, 11) is 0. The number of fused-ring (bicyclic) bond motifs is 1. The Kier molecular flexibility index (Phi) is 8.80. The Balaban J connectivity index is 1.46. The van der Waals surface area contributed by atoms with E-state index in [-0.39, 0.29) is 25.5 Å². The van der Waals surface area contributed by atoms with Gasteiger partial charge in [-0.3, -0.25) is 4.79 Å². The molecule has 0 atom stereocenters. The van der Waals surface area contributed by atoms with E-state index < -0.39 is 5.60 Å². The Bertz CT molecular complexity index is 1400. The first-order chi connectivity index (χ1) is 18.2. The fourth-order valence-electron chi connectivity index (χ4n) is 3.80. The molecule has 2 aromatic heterocycles. The van der Waals surface area contributed by atoms with Crippen LogP contribution in [0.5, 0.6) is 11.5 Å². The normalized spacial score (nSPS) is 11.5. The first-order valence-electron chi connectivity index (χ1n) is 12.1. The van der Waals surface area contributed by atoms with Crippen LogP contribution in [0.25, 0.3) is 11.0 Å². The van der Waals surface area contributed by atoms with Gasteiger partial charge >= 0.3 is 0 Å². The number of aliphatic hydroxyl groups excluding tert-OH is 1. The minimum Gasteiger partial charge on any atom is -0.456 e. The van der Waals surface area contributed by atoms with Crippen LogP contribution in [-0.2, 0) is 16.1 Å². The van der Waals surface area contributed by atoms with Gasteiger partial charge in [0.1, 0.15) is 23.3 Å². The summed E-state index contributed by atoms with van der Waals surface area (Å²) in [5, 5.41) is 25.2. The molecule has 0 fully saturated rings. The van der Waals surface area contributed by atoms with Crippen LogP contribution in [-0.4, -0.2) is 56.1 Å². The van der Waals surface area contributed by atoms with Gasteiger partial charge in [0.25, 0.3) is 0 Å². The smallest absolute Gasteiger partial charge is 0.227 e. The summed E-state index contributed by atoms with van der Waals surface area (Å²) in [6.07, 6.45) is 3.38. The Morgan fingerprint density at radius 2 is 1.95 bits per heavy atom. The Labute approximate surface area is 225 Å². The van der Waals surface area contributed by atoms with E-state index in [9.17, 15) is 9.90 Å². The molecule has 0 unspecified atom stereocenters. The van der Waals surface area contributed by atoms with Gasteiger partial charge in [0.2, 0.25) is 5.91 Å². The molecule has 0 spiro atoms. The van der Waals surface area contributed by atoms with Crippen molar-refractivity contribution in [1.29, 1.82) is 0 Å². The van der Waals surface area contributed by atoms with E-state index in [1.807, 2.05) is 22.9 Å². The van der Waals surface area contributed by atoms with E-state index in [1.165, 1.54) is 6.33 Å². The van der Waals surface area contributed by atoms with Crippen LogP contribution in [0.15, 0.2) is 61.1 Å². The van der Waals surface area contributed by atoms with Gasteiger partial charge in [-0.25, -0.2) is 9.97 Å². The molecule has 200 valence electrons. The van der Waals surface area contributed by atoms with Gasteiger partial charge in [0.15, 0.2) is 5.82 Å². The fraction of sp³-hybridized carbons (Fsp3) is 0.296. The van der Waals surface area contributed by atoms with Crippen molar-refractivity contribution >= 4 is 45.7 Å². The second kappa shape index (κ2) is 12.2. The van der Waals surface area contributed by atoms with E-state index >= 15 is 0 Å². The number of anilines is 3. The predicted octanol–water partition coefficient (Wildman–Crippen LogP) is 4.73. The highest BCUT2D eigenvalue weighted by molar-refractivity contribution is 6.32. The number of amides is 1. The first-order valence-corrected chi connectivity index (χ1v) is 12.4. The lowest BCUT2D eigenvalue weighted by atomic mass is 10.1. The first kappa shape index (κ1) is 27.3. The molecule has 1 amide bonds. The van der Waals surface area contributed by atoms with Crippen molar-refractivity contribution in [2.24, 2.45) is 0 Å². The minimum atomic E-state index is -1.10. The molecule has 4 N–H and O–H groups in total. The number of aromatic nitrogens is 3. The largest absolute Gasteiger partial charge is 0.456 e. The van der Waals surface area contributed by atoms with Gasteiger partial charge in [-0.05, 0) is 50.2 Å². The number of rotatable bonds is 12. The zero-order valence-corrected chi connectivity index (χ0v) is 21.9. The standard InChI is InChI=1S/C27H30ClN5O5/c1-27(2,36)16-24(35)31-18-4-3-5-20(14-18)38-23-7-6-19(15-21(23)28)32-26-25-22(29-17-30-26)8-9-33(25)10-12-37-13-11-34/h3-9,14-15,17,34,36H,10-13,16H2,1-2H3,(H,31,35)(H,29,30,32). The molecule has 2 heterocycles. The van der Waals surface area contributed by atoms with Gasteiger partial charge in [-0.15, -0.1) is 0 Å². The van der Waals surface area contributed by atoms with Crippen LogP contribution in [0, 0.1) is 0 Å². The van der Waals surface area contributed by atoms with Crippen molar-refractivity contribution < 1.29 is 24.5 Å². The van der Waals surface area contributed by atoms with Crippen LogP contribution in [0.2, 0.25) is 5.02 Å². The SMILES string of the molecule is CC(C)(O)CC(=O)Nc1cccc(Oc2ccc(Nc3ncnc4ccn(CCOCCO)c34)cc2Cl)c1.